The molecule has 2 aromatic carbocycles. The molecule has 3 amide bonds. The molecule has 0 spiro atoms. The van der Waals surface area contributed by atoms with Gasteiger partial charge in [-0.25, -0.2) is 4.79 Å². The number of anilines is 1. The van der Waals surface area contributed by atoms with Gasteiger partial charge in [-0.05, 0) is 57.3 Å². The van der Waals surface area contributed by atoms with Crippen molar-refractivity contribution in [3.05, 3.63) is 65.2 Å². The fraction of sp³-hybridized carbons (Fsp3) is 0.391. The van der Waals surface area contributed by atoms with Crippen LogP contribution < -0.4 is 10.2 Å². The molecule has 1 fully saturated rings. The van der Waals surface area contributed by atoms with Gasteiger partial charge in [0.1, 0.15) is 0 Å². The molecule has 1 saturated heterocycles. The van der Waals surface area contributed by atoms with Crippen LogP contribution in [0.5, 0.6) is 0 Å². The molecule has 29 heavy (non-hydrogen) atoms. The van der Waals surface area contributed by atoms with E-state index < -0.39 is 0 Å². The molecule has 3 rings (SSSR count). The van der Waals surface area contributed by atoms with Crippen LogP contribution in [0.3, 0.4) is 0 Å². The van der Waals surface area contributed by atoms with Gasteiger partial charge in [-0.3, -0.25) is 9.69 Å². The molecule has 2 aromatic rings. The molecule has 0 atom stereocenters. The lowest BCUT2D eigenvalue weighted by atomic mass is 10.1. The lowest BCUT2D eigenvalue weighted by Crippen LogP contribution is -2.49. The van der Waals surface area contributed by atoms with Crippen LogP contribution in [0, 0.1) is 6.92 Å². The molecule has 0 aromatic heterocycles. The second-order valence-corrected chi connectivity index (χ2v) is 7.80. The highest BCUT2D eigenvalue weighted by atomic mass is 16.2. The fourth-order valence-corrected chi connectivity index (χ4v) is 3.49. The van der Waals surface area contributed by atoms with E-state index in [1.54, 1.807) is 17.0 Å². The fourth-order valence-electron chi connectivity index (χ4n) is 3.49. The van der Waals surface area contributed by atoms with Crippen LogP contribution in [-0.2, 0) is 6.54 Å². The Bertz CT molecular complexity index is 848. The third-order valence-electron chi connectivity index (χ3n) is 5.05. The topological polar surface area (TPSA) is 55.9 Å². The van der Waals surface area contributed by atoms with E-state index in [0.717, 1.165) is 30.8 Å². The van der Waals surface area contributed by atoms with Crippen LogP contribution in [0.2, 0.25) is 0 Å². The number of aryl methyl sites for hydroxylation is 1. The molecule has 0 bridgehead atoms. The highest BCUT2D eigenvalue weighted by Crippen LogP contribution is 2.22. The Labute approximate surface area is 173 Å². The molecule has 1 aliphatic rings. The van der Waals surface area contributed by atoms with Gasteiger partial charge in [-0.1, -0.05) is 29.8 Å². The van der Waals surface area contributed by atoms with Gasteiger partial charge in [0.2, 0.25) is 0 Å². The Hall–Kier alpha value is -2.86. The first-order valence-electron chi connectivity index (χ1n) is 10.1. The average molecular weight is 395 g/mol. The van der Waals surface area contributed by atoms with Crippen molar-refractivity contribution in [1.82, 2.24) is 15.1 Å². The number of urea groups is 1. The molecule has 6 nitrogen and oxygen atoms in total. The zero-order valence-electron chi connectivity index (χ0n) is 17.5. The number of amides is 3. The zero-order chi connectivity index (χ0) is 20.8. The summed E-state index contributed by atoms with van der Waals surface area (Å²) in [6.45, 7) is 5.53. The Balaban J connectivity index is 1.63. The summed E-state index contributed by atoms with van der Waals surface area (Å²) in [6.07, 6.45) is 0.921. The number of carbonyl (C=O) groups is 2. The van der Waals surface area contributed by atoms with Gasteiger partial charge >= 0.3 is 6.03 Å². The lowest BCUT2D eigenvalue weighted by Gasteiger charge is -2.35. The van der Waals surface area contributed by atoms with Crippen molar-refractivity contribution < 1.29 is 9.59 Å². The molecule has 0 saturated carbocycles. The third-order valence-corrected chi connectivity index (χ3v) is 5.05. The molecule has 0 aliphatic carbocycles. The minimum absolute atomic E-state index is 0.0148. The number of hydrogen-bond donors (Lipinski definition) is 1. The first-order valence-corrected chi connectivity index (χ1v) is 10.1. The average Bonchev–Trinajstić information content (AvgIpc) is 2.69. The molecular weight excluding hydrogens is 364 g/mol. The van der Waals surface area contributed by atoms with Gasteiger partial charge in [-0.2, -0.15) is 0 Å². The van der Waals surface area contributed by atoms with E-state index in [4.69, 9.17) is 0 Å². The largest absolute Gasteiger partial charge is 0.351 e. The van der Waals surface area contributed by atoms with Gasteiger partial charge < -0.3 is 15.1 Å². The predicted octanol–water partition coefficient (Wildman–Crippen LogP) is 3.12. The van der Waals surface area contributed by atoms with E-state index in [2.05, 4.69) is 30.4 Å². The van der Waals surface area contributed by atoms with Crippen LogP contribution in [0.1, 0.15) is 27.9 Å². The highest BCUT2D eigenvalue weighted by molar-refractivity contribution is 5.96. The number of hydrogen-bond acceptors (Lipinski definition) is 3. The summed E-state index contributed by atoms with van der Waals surface area (Å²) in [7, 11) is 3.94. The molecule has 6 heteroatoms. The van der Waals surface area contributed by atoms with Crippen LogP contribution in [-0.4, -0.2) is 62.0 Å². The first-order chi connectivity index (χ1) is 13.9. The van der Waals surface area contributed by atoms with Crippen molar-refractivity contribution >= 4 is 17.6 Å². The van der Waals surface area contributed by atoms with E-state index in [1.165, 1.54) is 5.56 Å². The summed E-state index contributed by atoms with van der Waals surface area (Å²) >= 11 is 0. The monoisotopic (exact) mass is 394 g/mol. The smallest absolute Gasteiger partial charge is 0.324 e. The van der Waals surface area contributed by atoms with Crippen molar-refractivity contribution in [2.45, 2.75) is 19.9 Å². The summed E-state index contributed by atoms with van der Waals surface area (Å²) in [6, 6.07) is 15.6. The van der Waals surface area contributed by atoms with E-state index in [-0.39, 0.29) is 11.9 Å². The van der Waals surface area contributed by atoms with Gasteiger partial charge in [0.15, 0.2) is 0 Å². The molecule has 0 radical (unpaired) electrons. The van der Waals surface area contributed by atoms with Crippen LogP contribution in [0.4, 0.5) is 10.5 Å². The Kier molecular flexibility index (Phi) is 6.88. The molecule has 0 unspecified atom stereocenters. The van der Waals surface area contributed by atoms with E-state index in [9.17, 15) is 9.59 Å². The third kappa shape index (κ3) is 5.57. The Morgan fingerprint density at radius 3 is 2.55 bits per heavy atom. The summed E-state index contributed by atoms with van der Waals surface area (Å²) < 4.78 is 0. The maximum absolute atomic E-state index is 13.0. The molecule has 1 N–H and O–H groups in total. The second kappa shape index (κ2) is 9.56. The van der Waals surface area contributed by atoms with Crippen molar-refractivity contribution in [1.29, 1.82) is 0 Å². The van der Waals surface area contributed by atoms with Crippen molar-refractivity contribution in [3.63, 3.8) is 0 Å². The van der Waals surface area contributed by atoms with Gasteiger partial charge in [-0.15, -0.1) is 0 Å². The minimum Gasteiger partial charge on any atom is -0.351 e. The predicted molar refractivity (Wildman–Crippen MR) is 116 cm³/mol. The molecule has 1 heterocycles. The van der Waals surface area contributed by atoms with Gasteiger partial charge in [0, 0.05) is 44.0 Å². The Morgan fingerprint density at radius 1 is 1.10 bits per heavy atom. The normalized spacial score (nSPS) is 14.4. The molecular formula is C23H30N4O2. The number of benzene rings is 2. The number of rotatable bonds is 7. The van der Waals surface area contributed by atoms with Crippen molar-refractivity contribution in [3.8, 4) is 0 Å². The van der Waals surface area contributed by atoms with Crippen LogP contribution >= 0.6 is 0 Å². The van der Waals surface area contributed by atoms with E-state index in [1.807, 2.05) is 42.1 Å². The van der Waals surface area contributed by atoms with Crippen molar-refractivity contribution in [2.75, 3.05) is 45.2 Å². The van der Waals surface area contributed by atoms with E-state index >= 15 is 0 Å². The standard InChI is InChI=1S/C23H30N4O2/c1-18-6-4-7-19(16-18)17-26-13-5-14-27(23(26)29)21-10-8-20(9-11-21)22(28)24-12-15-25(2)3/h4,6-11,16H,5,12-15,17H2,1-3H3,(H,24,28). The first kappa shape index (κ1) is 20.9. The second-order valence-electron chi connectivity index (χ2n) is 7.80. The number of nitrogens with one attached hydrogen (secondary N) is 1. The molecule has 1 aliphatic heterocycles. The van der Waals surface area contributed by atoms with E-state index in [0.29, 0.717) is 25.2 Å². The SMILES string of the molecule is Cc1cccc(CN2CCCN(c3ccc(C(=O)NCCN(C)C)cc3)C2=O)c1. The molecule has 154 valence electrons. The highest BCUT2D eigenvalue weighted by Gasteiger charge is 2.26. The number of nitrogens with zero attached hydrogens (tertiary/aromatic N) is 3. The summed E-state index contributed by atoms with van der Waals surface area (Å²) in [5, 5.41) is 2.91. The van der Waals surface area contributed by atoms with Gasteiger partial charge in [0.25, 0.3) is 5.91 Å². The summed E-state index contributed by atoms with van der Waals surface area (Å²) in [5.41, 5.74) is 3.77. The van der Waals surface area contributed by atoms with Crippen LogP contribution in [0.25, 0.3) is 0 Å². The number of carbonyl (C=O) groups excluding carboxylic acids is 2. The van der Waals surface area contributed by atoms with Crippen LogP contribution in [0.15, 0.2) is 48.5 Å². The summed E-state index contributed by atoms with van der Waals surface area (Å²) in [4.78, 5) is 31.0. The zero-order valence-corrected chi connectivity index (χ0v) is 17.5. The van der Waals surface area contributed by atoms with Crippen molar-refractivity contribution in [2.24, 2.45) is 0 Å². The summed E-state index contributed by atoms with van der Waals surface area (Å²) in [5.74, 6) is -0.0931. The maximum atomic E-state index is 13.0. The van der Waals surface area contributed by atoms with Gasteiger partial charge in [0.05, 0.1) is 0 Å². The quantitative estimate of drug-likeness (QED) is 0.785. The Morgan fingerprint density at radius 2 is 1.86 bits per heavy atom. The maximum Gasteiger partial charge on any atom is 0.324 e. The number of likely N-dealkylation sites (N-methyl/N-ethyl adjacent to an activating group) is 1. The minimum atomic E-state index is -0.0931. The lowest BCUT2D eigenvalue weighted by molar-refractivity contribution is 0.0951.